The lowest BCUT2D eigenvalue weighted by Crippen LogP contribution is -2.41. The zero-order valence-electron chi connectivity index (χ0n) is 19.1. The lowest BCUT2D eigenvalue weighted by Gasteiger charge is -2.08. The van der Waals surface area contributed by atoms with E-state index >= 15 is 0 Å². The number of carbonyl (C=O) groups excluding carboxylic acids is 3. The van der Waals surface area contributed by atoms with Crippen molar-refractivity contribution >= 4 is 17.7 Å². The first kappa shape index (κ1) is 26.6. The van der Waals surface area contributed by atoms with Gasteiger partial charge >= 0.3 is 0 Å². The largest absolute Gasteiger partial charge is 0.349 e. The Hall–Kier alpha value is -2.44. The van der Waals surface area contributed by atoms with Gasteiger partial charge in [-0.3, -0.25) is 19.4 Å². The first-order valence-corrected chi connectivity index (χ1v) is 11.8. The Kier molecular flexibility index (Phi) is 15.7. The lowest BCUT2D eigenvalue weighted by molar-refractivity contribution is -0.127. The number of amides is 3. The second-order valence-electron chi connectivity index (χ2n) is 7.94. The molecule has 3 amide bonds. The van der Waals surface area contributed by atoms with E-state index in [1.807, 2.05) is 12.1 Å². The molecule has 0 radical (unpaired) electrons. The highest BCUT2D eigenvalue weighted by atomic mass is 16.2. The first-order chi connectivity index (χ1) is 15.1. The van der Waals surface area contributed by atoms with Crippen LogP contribution < -0.4 is 16.0 Å². The van der Waals surface area contributed by atoms with E-state index in [2.05, 4.69) is 27.9 Å². The molecule has 31 heavy (non-hydrogen) atoms. The minimum atomic E-state index is -0.375. The van der Waals surface area contributed by atoms with Crippen molar-refractivity contribution in [3.8, 4) is 0 Å². The van der Waals surface area contributed by atoms with E-state index in [0.29, 0.717) is 13.0 Å². The van der Waals surface area contributed by atoms with Crippen molar-refractivity contribution in [2.45, 2.75) is 90.5 Å². The van der Waals surface area contributed by atoms with Gasteiger partial charge in [0.15, 0.2) is 0 Å². The molecule has 3 N–H and O–H groups in total. The molecule has 0 aliphatic carbocycles. The number of hydrogen-bond donors (Lipinski definition) is 3. The Bertz CT molecular complexity index is 623. The zero-order valence-corrected chi connectivity index (χ0v) is 19.1. The summed E-state index contributed by atoms with van der Waals surface area (Å²) >= 11 is 0. The third kappa shape index (κ3) is 16.0. The van der Waals surface area contributed by atoms with Gasteiger partial charge in [-0.1, -0.05) is 77.2 Å². The Balaban J connectivity index is 1.92. The van der Waals surface area contributed by atoms with Crippen LogP contribution in [0.25, 0.3) is 0 Å². The summed E-state index contributed by atoms with van der Waals surface area (Å²) in [6.45, 7) is 2.32. The van der Waals surface area contributed by atoms with Crippen LogP contribution in [-0.2, 0) is 20.9 Å². The van der Waals surface area contributed by atoms with Crippen LogP contribution in [0.2, 0.25) is 0 Å². The summed E-state index contributed by atoms with van der Waals surface area (Å²) in [5, 5.41) is 7.79. The molecule has 1 aromatic heterocycles. The number of carbonyl (C=O) groups is 3. The molecular weight excluding hydrogens is 392 g/mol. The Morgan fingerprint density at radius 2 is 1.26 bits per heavy atom. The van der Waals surface area contributed by atoms with Crippen LogP contribution >= 0.6 is 0 Å². The predicted molar refractivity (Wildman–Crippen MR) is 123 cm³/mol. The average molecular weight is 433 g/mol. The average Bonchev–Trinajstić information content (AvgIpc) is 2.79. The molecule has 1 heterocycles. The maximum atomic E-state index is 11.8. The van der Waals surface area contributed by atoms with Crippen molar-refractivity contribution < 1.29 is 14.4 Å². The van der Waals surface area contributed by atoms with Gasteiger partial charge in [-0.15, -0.1) is 0 Å². The van der Waals surface area contributed by atoms with Crippen molar-refractivity contribution in [2.75, 3.05) is 13.1 Å². The monoisotopic (exact) mass is 432 g/mol. The maximum Gasteiger partial charge on any atom is 0.239 e. The molecule has 0 fully saturated rings. The van der Waals surface area contributed by atoms with Gasteiger partial charge in [0.2, 0.25) is 17.7 Å². The lowest BCUT2D eigenvalue weighted by atomic mass is 10.1. The molecule has 0 aromatic carbocycles. The molecule has 0 aliphatic rings. The highest BCUT2D eigenvalue weighted by molar-refractivity contribution is 5.88. The van der Waals surface area contributed by atoms with E-state index in [1.54, 1.807) is 12.3 Å². The van der Waals surface area contributed by atoms with E-state index in [0.717, 1.165) is 25.0 Å². The van der Waals surface area contributed by atoms with E-state index < -0.39 is 0 Å². The molecule has 1 rings (SSSR count). The number of unbranched alkanes of at least 4 members (excludes halogenated alkanes) is 10. The van der Waals surface area contributed by atoms with Crippen LogP contribution in [-0.4, -0.2) is 35.8 Å². The third-order valence-corrected chi connectivity index (χ3v) is 5.09. The minimum absolute atomic E-state index is 0.107. The molecule has 0 atom stereocenters. The van der Waals surface area contributed by atoms with Gasteiger partial charge in [-0.05, 0) is 18.6 Å². The van der Waals surface area contributed by atoms with Gasteiger partial charge in [0.25, 0.3) is 0 Å². The number of rotatable bonds is 18. The number of aromatic nitrogens is 1. The molecular formula is C24H40N4O3. The van der Waals surface area contributed by atoms with Gasteiger partial charge in [0.1, 0.15) is 0 Å². The van der Waals surface area contributed by atoms with Crippen LogP contribution in [0.4, 0.5) is 0 Å². The molecule has 1 aromatic rings. The summed E-state index contributed by atoms with van der Waals surface area (Å²) in [6, 6.07) is 5.45. The predicted octanol–water partition coefficient (Wildman–Crippen LogP) is 3.63. The number of hydrogen-bond acceptors (Lipinski definition) is 4. The third-order valence-electron chi connectivity index (χ3n) is 5.09. The number of pyridine rings is 1. The van der Waals surface area contributed by atoms with Crippen LogP contribution in [0, 0.1) is 0 Å². The molecule has 0 aliphatic heterocycles. The molecule has 0 bridgehead atoms. The fourth-order valence-corrected chi connectivity index (χ4v) is 3.21. The first-order valence-electron chi connectivity index (χ1n) is 11.8. The van der Waals surface area contributed by atoms with E-state index in [9.17, 15) is 14.4 Å². The van der Waals surface area contributed by atoms with E-state index in [1.165, 1.54) is 51.4 Å². The molecule has 0 saturated heterocycles. The highest BCUT2D eigenvalue weighted by Gasteiger charge is 2.08. The fourth-order valence-electron chi connectivity index (χ4n) is 3.21. The van der Waals surface area contributed by atoms with Gasteiger partial charge < -0.3 is 16.0 Å². The number of nitrogens with one attached hydrogen (secondary N) is 3. The maximum absolute atomic E-state index is 11.8. The summed E-state index contributed by atoms with van der Waals surface area (Å²) in [7, 11) is 0. The molecule has 0 saturated carbocycles. The quantitative estimate of drug-likeness (QED) is 0.308. The Morgan fingerprint density at radius 1 is 0.710 bits per heavy atom. The Morgan fingerprint density at radius 3 is 1.84 bits per heavy atom. The van der Waals surface area contributed by atoms with Crippen molar-refractivity contribution in [1.29, 1.82) is 0 Å². The van der Waals surface area contributed by atoms with E-state index in [-0.39, 0.29) is 30.8 Å². The van der Waals surface area contributed by atoms with Crippen LogP contribution in [0.3, 0.4) is 0 Å². The topological polar surface area (TPSA) is 100 Å². The molecule has 0 spiro atoms. The molecule has 174 valence electrons. The minimum Gasteiger partial charge on any atom is -0.349 e. The molecule has 7 heteroatoms. The summed E-state index contributed by atoms with van der Waals surface area (Å²) in [5.74, 6) is -0.794. The van der Waals surface area contributed by atoms with Gasteiger partial charge in [0.05, 0.1) is 25.3 Å². The van der Waals surface area contributed by atoms with E-state index in [4.69, 9.17) is 0 Å². The van der Waals surface area contributed by atoms with Crippen molar-refractivity contribution in [3.63, 3.8) is 0 Å². The van der Waals surface area contributed by atoms with Crippen molar-refractivity contribution in [2.24, 2.45) is 0 Å². The second-order valence-corrected chi connectivity index (χ2v) is 7.94. The summed E-state index contributed by atoms with van der Waals surface area (Å²) in [4.78, 5) is 39.4. The summed E-state index contributed by atoms with van der Waals surface area (Å²) in [5.41, 5.74) is 0.747. The van der Waals surface area contributed by atoms with Crippen LogP contribution in [0.5, 0.6) is 0 Å². The Labute approximate surface area is 187 Å². The zero-order chi connectivity index (χ0) is 22.6. The standard InChI is InChI=1S/C24H40N4O3/c1-2-3-4-5-6-7-8-9-10-11-12-16-22(29)27-19-24(31)28-20-23(30)26-18-21-15-13-14-17-25-21/h13-15,17H,2-12,16,18-20H2,1H3,(H,26,30)(H,27,29)(H,28,31). The molecule has 7 nitrogen and oxygen atoms in total. The summed E-state index contributed by atoms with van der Waals surface area (Å²) in [6.07, 6.45) is 15.7. The molecule has 0 unspecified atom stereocenters. The van der Waals surface area contributed by atoms with Gasteiger partial charge in [-0.25, -0.2) is 0 Å². The van der Waals surface area contributed by atoms with Crippen molar-refractivity contribution in [3.05, 3.63) is 30.1 Å². The smallest absolute Gasteiger partial charge is 0.239 e. The van der Waals surface area contributed by atoms with Crippen LogP contribution in [0.15, 0.2) is 24.4 Å². The second kappa shape index (κ2) is 18.3. The highest BCUT2D eigenvalue weighted by Crippen LogP contribution is 2.11. The van der Waals surface area contributed by atoms with Gasteiger partial charge in [-0.2, -0.15) is 0 Å². The SMILES string of the molecule is CCCCCCCCCCCCCC(=O)NCC(=O)NCC(=O)NCc1ccccn1. The fraction of sp³-hybridized carbons (Fsp3) is 0.667. The number of nitrogens with zero attached hydrogens (tertiary/aromatic N) is 1. The summed E-state index contributed by atoms with van der Waals surface area (Å²) < 4.78 is 0. The van der Waals surface area contributed by atoms with Crippen molar-refractivity contribution in [1.82, 2.24) is 20.9 Å². The van der Waals surface area contributed by atoms with Crippen LogP contribution in [0.1, 0.15) is 89.7 Å². The van der Waals surface area contributed by atoms with Gasteiger partial charge in [0, 0.05) is 12.6 Å². The normalized spacial score (nSPS) is 10.5.